The normalized spacial score (nSPS) is 16.8. The summed E-state index contributed by atoms with van der Waals surface area (Å²) in [6.07, 6.45) is 6.28. The largest absolute Gasteiger partial charge is 0.493 e. The molecule has 1 amide bonds. The molecule has 1 aromatic rings. The van der Waals surface area contributed by atoms with Crippen LogP contribution in [-0.2, 0) is 4.79 Å². The second-order valence-electron chi connectivity index (χ2n) is 6.38. The van der Waals surface area contributed by atoms with Crippen LogP contribution in [0.2, 0.25) is 0 Å². The van der Waals surface area contributed by atoms with Crippen molar-refractivity contribution in [3.05, 3.63) is 23.8 Å². The van der Waals surface area contributed by atoms with Gasteiger partial charge in [-0.05, 0) is 44.9 Å². The quantitative estimate of drug-likeness (QED) is 0.639. The first kappa shape index (κ1) is 18.3. The molecule has 1 aromatic carbocycles. The van der Waals surface area contributed by atoms with Gasteiger partial charge < -0.3 is 14.8 Å². The second kappa shape index (κ2) is 8.71. The number of Topliss-reactive ketones (excluding diaryl/α,β-unsaturated/α-hetero) is 1. The van der Waals surface area contributed by atoms with Crippen molar-refractivity contribution >= 4 is 11.7 Å². The van der Waals surface area contributed by atoms with Gasteiger partial charge in [0.2, 0.25) is 0 Å². The summed E-state index contributed by atoms with van der Waals surface area (Å²) in [4.78, 5) is 23.8. The molecular formula is C19H27NO4. The molecule has 1 fully saturated rings. The molecule has 1 N–H and O–H groups in total. The first-order chi connectivity index (χ1) is 11.5. The molecule has 24 heavy (non-hydrogen) atoms. The van der Waals surface area contributed by atoms with Gasteiger partial charge in [-0.15, -0.1) is 0 Å². The standard InChI is InChI=1S/C19H27NO4/c1-13(21)15-10-11-17(18(12-15)23-3)24-14(2)19(22)20-16-8-6-4-5-7-9-16/h10-12,14,16H,4-9H2,1-3H3,(H,20,22). The van der Waals surface area contributed by atoms with Crippen LogP contribution < -0.4 is 14.8 Å². The van der Waals surface area contributed by atoms with Crippen LogP contribution in [0, 0.1) is 0 Å². The lowest BCUT2D eigenvalue weighted by molar-refractivity contribution is -0.128. The van der Waals surface area contributed by atoms with Crippen LogP contribution >= 0.6 is 0 Å². The van der Waals surface area contributed by atoms with E-state index in [0.717, 1.165) is 12.8 Å². The molecule has 0 aromatic heterocycles. The van der Waals surface area contributed by atoms with E-state index in [4.69, 9.17) is 9.47 Å². The zero-order valence-electron chi connectivity index (χ0n) is 14.8. The van der Waals surface area contributed by atoms with Crippen molar-refractivity contribution in [3.8, 4) is 11.5 Å². The molecule has 0 aliphatic heterocycles. The Bertz CT molecular complexity index is 577. The Morgan fingerprint density at radius 2 is 1.79 bits per heavy atom. The molecule has 0 radical (unpaired) electrons. The van der Waals surface area contributed by atoms with E-state index in [0.29, 0.717) is 17.1 Å². The number of benzene rings is 1. The number of carbonyl (C=O) groups is 2. The number of ether oxygens (including phenoxy) is 2. The van der Waals surface area contributed by atoms with E-state index in [1.165, 1.54) is 39.7 Å². The molecule has 0 bridgehead atoms. The molecular weight excluding hydrogens is 306 g/mol. The molecule has 1 aliphatic carbocycles. The topological polar surface area (TPSA) is 64.6 Å². The van der Waals surface area contributed by atoms with Gasteiger partial charge in [0.15, 0.2) is 23.4 Å². The molecule has 0 heterocycles. The summed E-state index contributed by atoms with van der Waals surface area (Å²) in [5.41, 5.74) is 0.551. The Morgan fingerprint density at radius 3 is 2.38 bits per heavy atom. The number of hydrogen-bond donors (Lipinski definition) is 1. The first-order valence-electron chi connectivity index (χ1n) is 8.67. The third-order valence-corrected chi connectivity index (χ3v) is 4.44. The lowest BCUT2D eigenvalue weighted by Gasteiger charge is -2.21. The van der Waals surface area contributed by atoms with E-state index in [-0.39, 0.29) is 17.7 Å². The van der Waals surface area contributed by atoms with Gasteiger partial charge in [0.05, 0.1) is 7.11 Å². The molecule has 1 saturated carbocycles. The molecule has 1 unspecified atom stereocenters. The minimum atomic E-state index is -0.620. The lowest BCUT2D eigenvalue weighted by Crippen LogP contribution is -2.42. The fourth-order valence-electron chi connectivity index (χ4n) is 2.97. The van der Waals surface area contributed by atoms with E-state index >= 15 is 0 Å². The molecule has 1 aliphatic rings. The highest BCUT2D eigenvalue weighted by molar-refractivity contribution is 5.94. The molecule has 0 spiro atoms. The van der Waals surface area contributed by atoms with Crippen LogP contribution in [0.25, 0.3) is 0 Å². The number of ketones is 1. The highest BCUT2D eigenvalue weighted by Crippen LogP contribution is 2.29. The predicted octanol–water partition coefficient (Wildman–Crippen LogP) is 3.50. The summed E-state index contributed by atoms with van der Waals surface area (Å²) >= 11 is 0. The summed E-state index contributed by atoms with van der Waals surface area (Å²) in [6, 6.07) is 5.22. The summed E-state index contributed by atoms with van der Waals surface area (Å²) < 4.78 is 11.0. The number of amides is 1. The van der Waals surface area contributed by atoms with Gasteiger partial charge >= 0.3 is 0 Å². The van der Waals surface area contributed by atoms with Crippen LogP contribution in [0.3, 0.4) is 0 Å². The second-order valence-corrected chi connectivity index (χ2v) is 6.38. The Kier molecular flexibility index (Phi) is 6.64. The van der Waals surface area contributed by atoms with Crippen LogP contribution in [0.4, 0.5) is 0 Å². The van der Waals surface area contributed by atoms with E-state index in [1.807, 2.05) is 0 Å². The lowest BCUT2D eigenvalue weighted by atomic mass is 10.1. The van der Waals surface area contributed by atoms with Crippen molar-refractivity contribution in [1.29, 1.82) is 0 Å². The maximum absolute atomic E-state index is 12.4. The summed E-state index contributed by atoms with van der Waals surface area (Å²) in [5.74, 6) is 0.765. The van der Waals surface area contributed by atoms with E-state index in [1.54, 1.807) is 25.1 Å². The Hall–Kier alpha value is -2.04. The molecule has 1 atom stereocenters. The van der Waals surface area contributed by atoms with Crippen LogP contribution in [0.1, 0.15) is 62.7 Å². The van der Waals surface area contributed by atoms with Crippen molar-refractivity contribution in [3.63, 3.8) is 0 Å². The smallest absolute Gasteiger partial charge is 0.260 e. The van der Waals surface area contributed by atoms with Crippen molar-refractivity contribution in [2.75, 3.05) is 7.11 Å². The van der Waals surface area contributed by atoms with Crippen molar-refractivity contribution in [2.24, 2.45) is 0 Å². The Labute approximate surface area is 143 Å². The molecule has 5 heteroatoms. The summed E-state index contributed by atoms with van der Waals surface area (Å²) in [6.45, 7) is 3.22. The Balaban J connectivity index is 1.98. The van der Waals surface area contributed by atoms with Gasteiger partial charge in [-0.3, -0.25) is 9.59 Å². The van der Waals surface area contributed by atoms with Crippen LogP contribution in [0.5, 0.6) is 11.5 Å². The van der Waals surface area contributed by atoms with Crippen molar-refractivity contribution < 1.29 is 19.1 Å². The van der Waals surface area contributed by atoms with Gasteiger partial charge in [0.1, 0.15) is 0 Å². The van der Waals surface area contributed by atoms with Crippen LogP contribution in [-0.4, -0.2) is 30.9 Å². The average Bonchev–Trinajstić information content (AvgIpc) is 2.83. The predicted molar refractivity (Wildman–Crippen MR) is 92.7 cm³/mol. The van der Waals surface area contributed by atoms with E-state index in [2.05, 4.69) is 5.32 Å². The third-order valence-electron chi connectivity index (χ3n) is 4.44. The number of methoxy groups -OCH3 is 1. The minimum absolute atomic E-state index is 0.0426. The molecule has 132 valence electrons. The van der Waals surface area contributed by atoms with Gasteiger partial charge in [-0.25, -0.2) is 0 Å². The maximum Gasteiger partial charge on any atom is 0.260 e. The van der Waals surface area contributed by atoms with Gasteiger partial charge in [-0.2, -0.15) is 0 Å². The van der Waals surface area contributed by atoms with E-state index in [9.17, 15) is 9.59 Å². The highest BCUT2D eigenvalue weighted by atomic mass is 16.5. The van der Waals surface area contributed by atoms with Gasteiger partial charge in [0, 0.05) is 11.6 Å². The molecule has 0 saturated heterocycles. The fourth-order valence-corrected chi connectivity index (χ4v) is 2.97. The average molecular weight is 333 g/mol. The maximum atomic E-state index is 12.4. The molecule has 5 nitrogen and oxygen atoms in total. The van der Waals surface area contributed by atoms with Gasteiger partial charge in [0.25, 0.3) is 5.91 Å². The number of nitrogens with one attached hydrogen (secondary N) is 1. The Morgan fingerprint density at radius 1 is 1.12 bits per heavy atom. The van der Waals surface area contributed by atoms with E-state index < -0.39 is 6.10 Å². The number of hydrogen-bond acceptors (Lipinski definition) is 4. The van der Waals surface area contributed by atoms with Crippen LogP contribution in [0.15, 0.2) is 18.2 Å². The van der Waals surface area contributed by atoms with Crippen molar-refractivity contribution in [2.45, 2.75) is 64.5 Å². The zero-order chi connectivity index (χ0) is 17.5. The SMILES string of the molecule is COc1cc(C(C)=O)ccc1OC(C)C(=O)NC1CCCCCC1. The van der Waals surface area contributed by atoms with Gasteiger partial charge in [-0.1, -0.05) is 25.7 Å². The monoisotopic (exact) mass is 333 g/mol. The fraction of sp³-hybridized carbons (Fsp3) is 0.579. The minimum Gasteiger partial charge on any atom is -0.493 e. The molecule has 2 rings (SSSR count). The summed E-state index contributed by atoms with van der Waals surface area (Å²) in [7, 11) is 1.52. The summed E-state index contributed by atoms with van der Waals surface area (Å²) in [5, 5.41) is 3.09. The van der Waals surface area contributed by atoms with Crippen molar-refractivity contribution in [1.82, 2.24) is 5.32 Å². The number of carbonyl (C=O) groups excluding carboxylic acids is 2. The number of rotatable bonds is 6. The highest BCUT2D eigenvalue weighted by Gasteiger charge is 2.21. The zero-order valence-corrected chi connectivity index (χ0v) is 14.8. The first-order valence-corrected chi connectivity index (χ1v) is 8.67. The third kappa shape index (κ3) is 4.98.